The van der Waals surface area contributed by atoms with Crippen LogP contribution in [0.1, 0.15) is 33.4 Å². The van der Waals surface area contributed by atoms with Crippen molar-refractivity contribution in [2.45, 2.75) is 0 Å². The number of pyridine rings is 6. The van der Waals surface area contributed by atoms with Crippen LogP contribution in [0.2, 0.25) is 0 Å². The van der Waals surface area contributed by atoms with Crippen molar-refractivity contribution in [3.8, 4) is 35.5 Å². The first-order chi connectivity index (χ1) is 26.7. The van der Waals surface area contributed by atoms with Crippen LogP contribution in [-0.2, 0) is 0 Å². The van der Waals surface area contributed by atoms with E-state index >= 15 is 0 Å². The summed E-state index contributed by atoms with van der Waals surface area (Å²) in [5.41, 5.74) is 9.96. The van der Waals surface area contributed by atoms with Crippen LogP contribution in [0.5, 0.6) is 0 Å². The van der Waals surface area contributed by atoms with Crippen LogP contribution in [0.4, 0.5) is 0 Å². The summed E-state index contributed by atoms with van der Waals surface area (Å²) in [6.07, 6.45) is 10.8. The van der Waals surface area contributed by atoms with Gasteiger partial charge in [-0.1, -0.05) is 90.1 Å². The van der Waals surface area contributed by atoms with Gasteiger partial charge < -0.3 is 0 Å². The molecule has 0 radical (unpaired) electrons. The fourth-order valence-corrected chi connectivity index (χ4v) is 6.69. The quantitative estimate of drug-likeness (QED) is 0.117. The van der Waals surface area contributed by atoms with Crippen LogP contribution in [0.3, 0.4) is 0 Å². The van der Waals surface area contributed by atoms with E-state index in [1.807, 2.05) is 72.8 Å². The molecule has 4 aromatic carbocycles. The zero-order valence-corrected chi connectivity index (χ0v) is 28.5. The molecule has 0 aliphatic rings. The molecule has 0 aliphatic heterocycles. The molecule has 0 bridgehead atoms. The molecule has 0 aliphatic carbocycles. The highest BCUT2D eigenvalue weighted by molar-refractivity contribution is 6.04. The maximum absolute atomic E-state index is 4.73. The fraction of sp³-hybridized carbons (Fsp3) is 0. The first kappa shape index (κ1) is 30.8. The van der Waals surface area contributed by atoms with Gasteiger partial charge in [-0.3, -0.25) is 29.9 Å². The molecule has 0 saturated heterocycles. The second-order valence-electron chi connectivity index (χ2n) is 12.9. The van der Waals surface area contributed by atoms with Gasteiger partial charge >= 0.3 is 0 Å². The Kier molecular flexibility index (Phi) is 7.40. The molecule has 0 unspecified atom stereocenters. The van der Waals surface area contributed by atoms with Gasteiger partial charge in [-0.25, -0.2) is 0 Å². The van der Waals surface area contributed by atoms with Gasteiger partial charge in [0.1, 0.15) is 0 Å². The Morgan fingerprint density at radius 1 is 0.259 bits per heavy atom. The van der Waals surface area contributed by atoms with E-state index in [1.54, 1.807) is 37.2 Å². The van der Waals surface area contributed by atoms with E-state index in [-0.39, 0.29) is 0 Å². The van der Waals surface area contributed by atoms with Gasteiger partial charge in [0.25, 0.3) is 0 Å². The van der Waals surface area contributed by atoms with Crippen LogP contribution < -0.4 is 0 Å². The summed E-state index contributed by atoms with van der Waals surface area (Å²) in [4.78, 5) is 27.8. The SMILES string of the molecule is C(#Cc1cnc2c(ccc3cccnc32)c1)c1cc(C#Cc2cnc3c(ccc4cccnc43)c2)cc(C#Cc2cnc3c(ccc4cccnc43)c2)c1. The molecule has 246 valence electrons. The Balaban J connectivity index is 1.03. The average Bonchev–Trinajstić information content (AvgIpc) is 3.23. The van der Waals surface area contributed by atoms with Crippen molar-refractivity contribution in [2.75, 3.05) is 0 Å². The highest BCUT2D eigenvalue weighted by atomic mass is 14.7. The third kappa shape index (κ3) is 5.85. The molecule has 6 nitrogen and oxygen atoms in total. The zero-order valence-electron chi connectivity index (χ0n) is 28.5. The molecular formula is C48H24N6. The molecule has 6 aromatic heterocycles. The topological polar surface area (TPSA) is 77.3 Å². The summed E-state index contributed by atoms with van der Waals surface area (Å²) < 4.78 is 0. The van der Waals surface area contributed by atoms with E-state index in [0.29, 0.717) is 0 Å². The van der Waals surface area contributed by atoms with E-state index in [1.165, 1.54) is 0 Å². The molecule has 10 aromatic rings. The van der Waals surface area contributed by atoms with Crippen molar-refractivity contribution < 1.29 is 0 Å². The van der Waals surface area contributed by atoms with Gasteiger partial charge in [0.05, 0.1) is 33.1 Å². The summed E-state index contributed by atoms with van der Waals surface area (Å²) in [7, 11) is 0. The monoisotopic (exact) mass is 684 g/mol. The van der Waals surface area contributed by atoms with E-state index in [9.17, 15) is 0 Å². The molecule has 0 amide bonds. The van der Waals surface area contributed by atoms with Crippen LogP contribution >= 0.6 is 0 Å². The predicted octanol–water partition coefficient (Wildman–Crippen LogP) is 9.18. The highest BCUT2D eigenvalue weighted by Gasteiger charge is 2.06. The van der Waals surface area contributed by atoms with Gasteiger partial charge in [0.2, 0.25) is 0 Å². The van der Waals surface area contributed by atoms with Gasteiger partial charge in [-0.05, 0) is 54.6 Å². The lowest BCUT2D eigenvalue weighted by Crippen LogP contribution is -1.88. The molecule has 6 heterocycles. The maximum atomic E-state index is 4.73. The standard InChI is InChI=1S/C48H24N6/c1-4-37-13-16-40-25-34(28-52-46(40)43(37)49-19-1)10-7-31-22-32(8-11-35-26-41-17-14-38-5-2-20-50-44(38)47(41)53-29-35)24-33(23-31)9-12-36-27-42-18-15-39-6-3-21-51-45(39)48(42)54-30-36/h1-6,13-30H. The molecular weight excluding hydrogens is 661 g/mol. The molecule has 0 N–H and O–H groups in total. The number of rotatable bonds is 0. The zero-order chi connectivity index (χ0) is 35.8. The lowest BCUT2D eigenvalue weighted by Gasteiger charge is -2.03. The van der Waals surface area contributed by atoms with E-state index in [0.717, 1.165) is 98.8 Å². The maximum Gasteiger partial charge on any atom is 0.0965 e. The lowest BCUT2D eigenvalue weighted by molar-refractivity contribution is 1.36. The number of hydrogen-bond acceptors (Lipinski definition) is 6. The van der Waals surface area contributed by atoms with Crippen molar-refractivity contribution >= 4 is 65.4 Å². The molecule has 0 spiro atoms. The van der Waals surface area contributed by atoms with Crippen LogP contribution in [0.25, 0.3) is 65.4 Å². The fourth-order valence-electron chi connectivity index (χ4n) is 6.69. The molecule has 0 saturated carbocycles. The summed E-state index contributed by atoms with van der Waals surface area (Å²) in [6.45, 7) is 0. The number of nitrogens with zero attached hydrogens (tertiary/aromatic N) is 6. The van der Waals surface area contributed by atoms with E-state index in [4.69, 9.17) is 15.0 Å². The Morgan fingerprint density at radius 2 is 0.537 bits per heavy atom. The van der Waals surface area contributed by atoms with Gasteiger partial charge in [0.15, 0.2) is 0 Å². The lowest BCUT2D eigenvalue weighted by atomic mass is 10.0. The minimum absolute atomic E-state index is 0.787. The van der Waals surface area contributed by atoms with Crippen molar-refractivity contribution in [3.63, 3.8) is 0 Å². The smallest absolute Gasteiger partial charge is 0.0965 e. The Bertz CT molecular complexity index is 3000. The second kappa shape index (κ2) is 13.0. The molecule has 6 heteroatoms. The summed E-state index contributed by atoms with van der Waals surface area (Å²) >= 11 is 0. The van der Waals surface area contributed by atoms with E-state index in [2.05, 4.69) is 86.9 Å². The third-order valence-corrected chi connectivity index (χ3v) is 9.26. The number of fused-ring (bicyclic) bond motifs is 9. The van der Waals surface area contributed by atoms with Crippen molar-refractivity contribution in [1.82, 2.24) is 29.9 Å². The minimum atomic E-state index is 0.787. The van der Waals surface area contributed by atoms with Gasteiger partial charge in [-0.2, -0.15) is 0 Å². The highest BCUT2D eigenvalue weighted by Crippen LogP contribution is 2.25. The van der Waals surface area contributed by atoms with Crippen molar-refractivity contribution in [2.24, 2.45) is 0 Å². The van der Waals surface area contributed by atoms with Crippen molar-refractivity contribution in [3.05, 3.63) is 180 Å². The van der Waals surface area contributed by atoms with Crippen LogP contribution in [-0.4, -0.2) is 29.9 Å². The number of hydrogen-bond donors (Lipinski definition) is 0. The van der Waals surface area contributed by atoms with Crippen molar-refractivity contribution in [1.29, 1.82) is 0 Å². The normalized spacial score (nSPS) is 10.9. The number of benzene rings is 4. The summed E-state index contributed by atoms with van der Waals surface area (Å²) in [5.74, 6) is 20.0. The molecule has 0 atom stereocenters. The minimum Gasteiger partial charge on any atom is -0.254 e. The number of aromatic nitrogens is 6. The summed E-state index contributed by atoms with van der Waals surface area (Å²) in [5, 5.41) is 6.12. The van der Waals surface area contributed by atoms with Gasteiger partial charge in [-0.15, -0.1) is 0 Å². The third-order valence-electron chi connectivity index (χ3n) is 9.26. The average molecular weight is 685 g/mol. The second-order valence-corrected chi connectivity index (χ2v) is 12.9. The summed E-state index contributed by atoms with van der Waals surface area (Å²) in [6, 6.07) is 36.4. The predicted molar refractivity (Wildman–Crippen MR) is 216 cm³/mol. The van der Waals surface area contributed by atoms with Crippen LogP contribution in [0, 0.1) is 35.5 Å². The Hall–Kier alpha value is -7.98. The largest absolute Gasteiger partial charge is 0.254 e. The molecule has 0 fully saturated rings. The first-order valence-electron chi connectivity index (χ1n) is 17.3. The van der Waals surface area contributed by atoms with E-state index < -0.39 is 0 Å². The van der Waals surface area contributed by atoms with Crippen LogP contribution in [0.15, 0.2) is 146 Å². The molecule has 10 rings (SSSR count). The van der Waals surface area contributed by atoms with Gasteiger partial charge in [0, 0.05) is 103 Å². The Morgan fingerprint density at radius 3 is 0.870 bits per heavy atom. The Labute approximate surface area is 309 Å². The molecule has 54 heavy (non-hydrogen) atoms. The first-order valence-corrected chi connectivity index (χ1v) is 17.3.